The van der Waals surface area contributed by atoms with E-state index >= 15 is 0 Å². The summed E-state index contributed by atoms with van der Waals surface area (Å²) in [6.07, 6.45) is 10.6. The lowest BCUT2D eigenvalue weighted by Gasteiger charge is -2.28. The van der Waals surface area contributed by atoms with Crippen LogP contribution in [0, 0.1) is 0 Å². The Balaban J connectivity index is 1.54. The molecule has 6 heteroatoms. The molecule has 2 aromatic heterocycles. The molecular weight excluding hydrogens is 290 g/mol. The van der Waals surface area contributed by atoms with Crippen molar-refractivity contribution in [3.05, 3.63) is 45.7 Å². The van der Waals surface area contributed by atoms with E-state index in [0.29, 0.717) is 12.5 Å². The van der Waals surface area contributed by atoms with Gasteiger partial charge in [-0.25, -0.2) is 9.97 Å². The molecule has 1 saturated carbocycles. The van der Waals surface area contributed by atoms with Gasteiger partial charge in [-0.05, 0) is 12.8 Å². The number of fused-ring (bicyclic) bond motifs is 1. The monoisotopic (exact) mass is 313 g/mol. The third-order valence-corrected chi connectivity index (χ3v) is 5.09. The Kier molecular flexibility index (Phi) is 3.99. The Morgan fingerprint density at radius 3 is 2.91 bits per heavy atom. The van der Waals surface area contributed by atoms with Crippen LogP contribution < -0.4 is 5.56 Å². The zero-order valence-electron chi connectivity index (χ0n) is 13.3. The number of hydrogen-bond donors (Lipinski definition) is 2. The lowest BCUT2D eigenvalue weighted by Crippen LogP contribution is -2.36. The number of imidazole rings is 1. The third kappa shape index (κ3) is 3.08. The molecule has 1 aliphatic carbocycles. The number of nitrogens with zero attached hydrogens (tertiary/aromatic N) is 3. The minimum atomic E-state index is 0.0553. The van der Waals surface area contributed by atoms with Crippen molar-refractivity contribution in [2.75, 3.05) is 6.54 Å². The molecule has 0 saturated heterocycles. The predicted octanol–water partition coefficient (Wildman–Crippen LogP) is 2.10. The van der Waals surface area contributed by atoms with Gasteiger partial charge >= 0.3 is 0 Å². The molecule has 0 atom stereocenters. The summed E-state index contributed by atoms with van der Waals surface area (Å²) >= 11 is 0. The van der Waals surface area contributed by atoms with Crippen molar-refractivity contribution in [2.24, 2.45) is 0 Å². The van der Waals surface area contributed by atoms with Crippen molar-refractivity contribution in [1.29, 1.82) is 0 Å². The first kappa shape index (κ1) is 14.6. The van der Waals surface area contributed by atoms with Gasteiger partial charge in [-0.1, -0.05) is 19.3 Å². The molecule has 0 amide bonds. The Bertz CT molecular complexity index is 715. The van der Waals surface area contributed by atoms with Crippen LogP contribution in [0.25, 0.3) is 0 Å². The van der Waals surface area contributed by atoms with Crippen LogP contribution in [-0.2, 0) is 19.5 Å². The van der Waals surface area contributed by atoms with E-state index in [0.717, 1.165) is 55.3 Å². The van der Waals surface area contributed by atoms with Crippen molar-refractivity contribution in [3.63, 3.8) is 0 Å². The molecule has 122 valence electrons. The summed E-state index contributed by atoms with van der Waals surface area (Å²) in [6.45, 7) is 2.33. The molecule has 1 fully saturated rings. The molecule has 0 bridgehead atoms. The number of nitrogens with one attached hydrogen (secondary N) is 2. The molecule has 2 aliphatic rings. The van der Waals surface area contributed by atoms with Gasteiger partial charge < -0.3 is 9.97 Å². The van der Waals surface area contributed by atoms with Crippen molar-refractivity contribution < 1.29 is 0 Å². The van der Waals surface area contributed by atoms with Gasteiger partial charge in [0.2, 0.25) is 0 Å². The molecule has 0 aromatic carbocycles. The highest BCUT2D eigenvalue weighted by molar-refractivity contribution is 5.22. The van der Waals surface area contributed by atoms with E-state index in [1.807, 2.05) is 6.20 Å². The summed E-state index contributed by atoms with van der Waals surface area (Å²) in [5.74, 6) is 2.31. The minimum Gasteiger partial charge on any atom is -0.348 e. The topological polar surface area (TPSA) is 77.7 Å². The van der Waals surface area contributed by atoms with E-state index in [-0.39, 0.29) is 5.56 Å². The van der Waals surface area contributed by atoms with Crippen LogP contribution in [0.4, 0.5) is 0 Å². The van der Waals surface area contributed by atoms with Crippen molar-refractivity contribution in [1.82, 2.24) is 24.8 Å². The fraction of sp³-hybridized carbons (Fsp3) is 0.588. The maximum absolute atomic E-state index is 12.5. The van der Waals surface area contributed by atoms with Gasteiger partial charge in [-0.2, -0.15) is 0 Å². The van der Waals surface area contributed by atoms with Crippen molar-refractivity contribution in [2.45, 2.75) is 57.5 Å². The Morgan fingerprint density at radius 1 is 1.26 bits per heavy atom. The second-order valence-corrected chi connectivity index (χ2v) is 6.71. The summed E-state index contributed by atoms with van der Waals surface area (Å²) in [6, 6.07) is 0. The van der Waals surface area contributed by atoms with E-state index in [4.69, 9.17) is 4.98 Å². The molecule has 0 spiro atoms. The Morgan fingerprint density at radius 2 is 2.13 bits per heavy atom. The third-order valence-electron chi connectivity index (χ3n) is 5.09. The van der Waals surface area contributed by atoms with Crippen LogP contribution >= 0.6 is 0 Å². The summed E-state index contributed by atoms with van der Waals surface area (Å²) in [5.41, 5.74) is 1.90. The van der Waals surface area contributed by atoms with Crippen LogP contribution in [0.15, 0.2) is 17.2 Å². The first-order valence-corrected chi connectivity index (χ1v) is 8.62. The predicted molar refractivity (Wildman–Crippen MR) is 87.1 cm³/mol. The van der Waals surface area contributed by atoms with Gasteiger partial charge in [-0.15, -0.1) is 0 Å². The number of hydrogen-bond acceptors (Lipinski definition) is 4. The van der Waals surface area contributed by atoms with Gasteiger partial charge in [-0.3, -0.25) is 9.69 Å². The second kappa shape index (κ2) is 6.28. The number of aromatic nitrogens is 4. The average Bonchev–Trinajstić information content (AvgIpc) is 3.09. The minimum absolute atomic E-state index is 0.0553. The highest BCUT2D eigenvalue weighted by Crippen LogP contribution is 2.30. The standard InChI is InChI=1S/C17H23N5O/c23-17-13-10-22(11-15-18-7-8-19-15)9-6-14(13)20-16(21-17)12-4-2-1-3-5-12/h7-8,12H,1-6,9-11H2,(H,18,19)(H,20,21,23). The number of aromatic amines is 2. The average molecular weight is 313 g/mol. The first-order valence-electron chi connectivity index (χ1n) is 8.62. The summed E-state index contributed by atoms with van der Waals surface area (Å²) in [7, 11) is 0. The van der Waals surface area contributed by atoms with Gasteiger partial charge in [0, 0.05) is 37.8 Å². The SMILES string of the molecule is O=c1[nH]c(C2CCCCC2)nc2c1CN(Cc1ncc[nH]1)CC2. The van der Waals surface area contributed by atoms with E-state index in [2.05, 4.69) is 19.9 Å². The van der Waals surface area contributed by atoms with Crippen LogP contribution in [0.3, 0.4) is 0 Å². The van der Waals surface area contributed by atoms with Gasteiger partial charge in [0.15, 0.2) is 0 Å². The maximum Gasteiger partial charge on any atom is 0.255 e. The lowest BCUT2D eigenvalue weighted by molar-refractivity contribution is 0.235. The fourth-order valence-corrected chi connectivity index (χ4v) is 3.80. The highest BCUT2D eigenvalue weighted by atomic mass is 16.1. The van der Waals surface area contributed by atoms with Crippen LogP contribution in [-0.4, -0.2) is 31.4 Å². The normalized spacial score (nSPS) is 19.7. The van der Waals surface area contributed by atoms with Gasteiger partial charge in [0.25, 0.3) is 5.56 Å². The van der Waals surface area contributed by atoms with Crippen molar-refractivity contribution >= 4 is 0 Å². The zero-order valence-corrected chi connectivity index (χ0v) is 13.3. The van der Waals surface area contributed by atoms with E-state index in [9.17, 15) is 4.79 Å². The smallest absolute Gasteiger partial charge is 0.255 e. The number of rotatable bonds is 3. The Labute approximate surface area is 135 Å². The van der Waals surface area contributed by atoms with Crippen molar-refractivity contribution in [3.8, 4) is 0 Å². The van der Waals surface area contributed by atoms with E-state index in [1.54, 1.807) is 6.20 Å². The van der Waals surface area contributed by atoms with Crippen LogP contribution in [0.5, 0.6) is 0 Å². The van der Waals surface area contributed by atoms with E-state index < -0.39 is 0 Å². The number of H-pyrrole nitrogens is 2. The molecule has 2 aromatic rings. The van der Waals surface area contributed by atoms with E-state index in [1.165, 1.54) is 19.3 Å². The molecular formula is C17H23N5O. The molecule has 0 radical (unpaired) electrons. The van der Waals surface area contributed by atoms with Crippen LogP contribution in [0.1, 0.15) is 60.9 Å². The highest BCUT2D eigenvalue weighted by Gasteiger charge is 2.24. The molecule has 2 N–H and O–H groups in total. The molecule has 6 nitrogen and oxygen atoms in total. The Hall–Kier alpha value is -1.95. The lowest BCUT2D eigenvalue weighted by atomic mass is 9.88. The van der Waals surface area contributed by atoms with Crippen LogP contribution in [0.2, 0.25) is 0 Å². The largest absolute Gasteiger partial charge is 0.348 e. The summed E-state index contributed by atoms with van der Waals surface area (Å²) in [5, 5.41) is 0. The van der Waals surface area contributed by atoms with Gasteiger partial charge in [0.1, 0.15) is 11.6 Å². The first-order chi connectivity index (χ1) is 11.3. The van der Waals surface area contributed by atoms with Gasteiger partial charge in [0.05, 0.1) is 17.8 Å². The second-order valence-electron chi connectivity index (χ2n) is 6.71. The summed E-state index contributed by atoms with van der Waals surface area (Å²) in [4.78, 5) is 30.1. The maximum atomic E-state index is 12.5. The molecule has 3 heterocycles. The quantitative estimate of drug-likeness (QED) is 0.909. The zero-order chi connectivity index (χ0) is 15.6. The molecule has 4 rings (SSSR count). The molecule has 23 heavy (non-hydrogen) atoms. The molecule has 0 unspecified atom stereocenters. The fourth-order valence-electron chi connectivity index (χ4n) is 3.80. The summed E-state index contributed by atoms with van der Waals surface area (Å²) < 4.78 is 0. The molecule has 1 aliphatic heterocycles.